The van der Waals surface area contributed by atoms with Crippen molar-refractivity contribution in [1.29, 1.82) is 0 Å². The van der Waals surface area contributed by atoms with Crippen molar-refractivity contribution in [2.45, 2.75) is 6.92 Å². The Morgan fingerprint density at radius 3 is 2.92 bits per heavy atom. The first-order valence-electron chi connectivity index (χ1n) is 7.08. The third kappa shape index (κ3) is 3.61. The molecular weight excluding hydrogens is 326 g/mol. The van der Waals surface area contributed by atoms with Crippen LogP contribution < -0.4 is 14.9 Å². The van der Waals surface area contributed by atoms with Gasteiger partial charge in [-0.2, -0.15) is 10.1 Å². The third-order valence-corrected chi connectivity index (χ3v) is 3.96. The number of hydrogen-bond acceptors (Lipinski definition) is 5. The van der Waals surface area contributed by atoms with Crippen molar-refractivity contribution in [2.75, 3.05) is 0 Å². The van der Waals surface area contributed by atoms with Crippen molar-refractivity contribution >= 4 is 23.5 Å². The normalized spacial score (nSPS) is 10.9. The Bertz CT molecular complexity index is 946. The lowest BCUT2D eigenvalue weighted by Crippen LogP contribution is -2.32. The summed E-state index contributed by atoms with van der Waals surface area (Å²) in [7, 11) is 0. The number of rotatable bonds is 4. The van der Waals surface area contributed by atoms with Crippen LogP contribution in [0.2, 0.25) is 0 Å². The molecule has 3 heterocycles. The molecule has 0 unspecified atom stereocenters. The fourth-order valence-corrected chi connectivity index (χ4v) is 2.77. The zero-order chi connectivity index (χ0) is 16.9. The van der Waals surface area contributed by atoms with Crippen LogP contribution in [0.15, 0.2) is 58.9 Å². The minimum absolute atomic E-state index is 0.194. The van der Waals surface area contributed by atoms with Gasteiger partial charge in [0.1, 0.15) is 4.88 Å². The molecule has 0 fully saturated rings. The standard InChI is InChI=1S/C16H13N5O2S/c1-11-3-2-8-21(10-11)14-13(24-16(23)19-14)9-18-20-15(22)12-4-6-17-7-5-12/h2-10H,1H3,(H-,17,18,19,20,22,23)/p+1. The van der Waals surface area contributed by atoms with Crippen LogP contribution >= 0.6 is 11.3 Å². The van der Waals surface area contributed by atoms with Crippen LogP contribution in [0.1, 0.15) is 20.8 Å². The van der Waals surface area contributed by atoms with E-state index in [0.29, 0.717) is 16.3 Å². The molecule has 3 aromatic heterocycles. The summed E-state index contributed by atoms with van der Waals surface area (Å²) in [6, 6.07) is 7.03. The first-order valence-corrected chi connectivity index (χ1v) is 7.90. The van der Waals surface area contributed by atoms with E-state index in [4.69, 9.17) is 0 Å². The molecule has 0 aliphatic carbocycles. The molecule has 0 spiro atoms. The largest absolute Gasteiger partial charge is 0.390 e. The lowest BCUT2D eigenvalue weighted by molar-refractivity contribution is -0.599. The number of hydrazone groups is 1. The number of H-pyrrole nitrogens is 1. The molecule has 0 saturated carbocycles. The van der Waals surface area contributed by atoms with Gasteiger partial charge in [0.2, 0.25) is 0 Å². The zero-order valence-electron chi connectivity index (χ0n) is 12.8. The molecule has 0 bridgehead atoms. The molecule has 0 atom stereocenters. The number of aromatic nitrogens is 3. The van der Waals surface area contributed by atoms with E-state index in [2.05, 4.69) is 20.5 Å². The van der Waals surface area contributed by atoms with E-state index in [9.17, 15) is 9.59 Å². The van der Waals surface area contributed by atoms with Crippen LogP contribution in [0.25, 0.3) is 5.82 Å². The van der Waals surface area contributed by atoms with E-state index in [1.54, 1.807) is 16.7 Å². The van der Waals surface area contributed by atoms with E-state index in [0.717, 1.165) is 16.9 Å². The summed E-state index contributed by atoms with van der Waals surface area (Å²) in [6.07, 6.45) is 8.24. The Morgan fingerprint density at radius 2 is 2.17 bits per heavy atom. The van der Waals surface area contributed by atoms with E-state index in [-0.39, 0.29) is 10.8 Å². The Kier molecular flexibility index (Phi) is 4.57. The molecule has 0 aliphatic rings. The van der Waals surface area contributed by atoms with Crippen LogP contribution in [0.5, 0.6) is 0 Å². The van der Waals surface area contributed by atoms with Crippen molar-refractivity contribution in [3.8, 4) is 5.82 Å². The number of carbonyl (C=O) groups is 1. The summed E-state index contributed by atoms with van der Waals surface area (Å²) in [5.41, 5.74) is 3.94. The summed E-state index contributed by atoms with van der Waals surface area (Å²) in [5, 5.41) is 3.93. The van der Waals surface area contributed by atoms with Gasteiger partial charge in [0.25, 0.3) is 5.91 Å². The Morgan fingerprint density at radius 1 is 1.38 bits per heavy atom. The monoisotopic (exact) mass is 340 g/mol. The maximum absolute atomic E-state index is 11.9. The minimum atomic E-state index is -0.346. The molecule has 0 saturated heterocycles. The summed E-state index contributed by atoms with van der Waals surface area (Å²) < 4.78 is 1.80. The molecule has 8 heteroatoms. The highest BCUT2D eigenvalue weighted by molar-refractivity contribution is 7.11. The number of amides is 1. The van der Waals surface area contributed by atoms with Crippen molar-refractivity contribution in [3.63, 3.8) is 0 Å². The van der Waals surface area contributed by atoms with Gasteiger partial charge in [0.15, 0.2) is 0 Å². The van der Waals surface area contributed by atoms with Gasteiger partial charge < -0.3 is 0 Å². The van der Waals surface area contributed by atoms with E-state index in [1.165, 1.54) is 18.6 Å². The smallest absolute Gasteiger partial charge is 0.267 e. The Hall–Kier alpha value is -3.13. The van der Waals surface area contributed by atoms with Gasteiger partial charge in [0.05, 0.1) is 18.6 Å². The fourth-order valence-electron chi connectivity index (χ4n) is 2.06. The number of thiazole rings is 1. The summed E-state index contributed by atoms with van der Waals surface area (Å²) in [4.78, 5) is 30.6. The second kappa shape index (κ2) is 6.97. The number of aryl methyl sites for hydroxylation is 1. The van der Waals surface area contributed by atoms with E-state index >= 15 is 0 Å². The maximum Gasteiger partial charge on any atom is 0.390 e. The van der Waals surface area contributed by atoms with Crippen molar-refractivity contribution < 1.29 is 9.36 Å². The van der Waals surface area contributed by atoms with Crippen LogP contribution in [-0.2, 0) is 0 Å². The van der Waals surface area contributed by atoms with Crippen LogP contribution in [0, 0.1) is 6.92 Å². The number of nitrogens with zero attached hydrogens (tertiary/aromatic N) is 3. The predicted molar refractivity (Wildman–Crippen MR) is 90.5 cm³/mol. The lowest BCUT2D eigenvalue weighted by Gasteiger charge is -1.99. The van der Waals surface area contributed by atoms with E-state index in [1.807, 2.05) is 31.5 Å². The SMILES string of the molecule is Cc1ccc[n+](-c2[nH]c(=O)sc2/C=N\NC(=O)c2ccncc2)c1. The predicted octanol–water partition coefficient (Wildman–Crippen LogP) is 1.18. The molecule has 7 nitrogen and oxygen atoms in total. The summed E-state index contributed by atoms with van der Waals surface area (Å²) in [5.74, 6) is 0.261. The average molecular weight is 340 g/mol. The van der Waals surface area contributed by atoms with Gasteiger partial charge in [-0.15, -0.1) is 0 Å². The second-order valence-corrected chi connectivity index (χ2v) is 5.97. The van der Waals surface area contributed by atoms with Crippen molar-refractivity contribution in [3.05, 3.63) is 74.7 Å². The quantitative estimate of drug-likeness (QED) is 0.424. The highest BCUT2D eigenvalue weighted by atomic mass is 32.1. The highest BCUT2D eigenvalue weighted by Crippen LogP contribution is 2.06. The molecule has 0 aliphatic heterocycles. The van der Waals surface area contributed by atoms with Gasteiger partial charge in [-0.05, 0) is 42.0 Å². The molecule has 1 amide bonds. The van der Waals surface area contributed by atoms with Gasteiger partial charge in [-0.1, -0.05) is 6.07 Å². The topological polar surface area (TPSA) is 91.1 Å². The third-order valence-electron chi connectivity index (χ3n) is 3.15. The molecule has 3 rings (SSSR count). The van der Waals surface area contributed by atoms with Gasteiger partial charge >= 0.3 is 10.7 Å². The van der Waals surface area contributed by atoms with Crippen molar-refractivity contribution in [2.24, 2.45) is 5.10 Å². The molecule has 0 radical (unpaired) electrons. The number of nitrogens with one attached hydrogen (secondary N) is 2. The fraction of sp³-hybridized carbons (Fsp3) is 0.0625. The van der Waals surface area contributed by atoms with Gasteiger partial charge in [-0.25, -0.2) is 14.8 Å². The number of aromatic amines is 1. The summed E-state index contributed by atoms with van der Waals surface area (Å²) >= 11 is 1.02. The second-order valence-electron chi connectivity index (χ2n) is 4.95. The molecular formula is C16H14N5O2S+. The maximum atomic E-state index is 11.9. The Balaban J connectivity index is 1.81. The van der Waals surface area contributed by atoms with Gasteiger partial charge in [0, 0.05) is 18.0 Å². The first kappa shape index (κ1) is 15.8. The van der Waals surface area contributed by atoms with Crippen LogP contribution in [-0.4, -0.2) is 22.1 Å². The van der Waals surface area contributed by atoms with Gasteiger partial charge in [-0.3, -0.25) is 9.78 Å². The van der Waals surface area contributed by atoms with E-state index < -0.39 is 0 Å². The molecule has 3 aromatic rings. The molecule has 0 aromatic carbocycles. The number of carbonyl (C=O) groups excluding carboxylic acids is 1. The number of pyridine rings is 2. The summed E-state index contributed by atoms with van der Waals surface area (Å²) in [6.45, 7) is 1.96. The lowest BCUT2D eigenvalue weighted by atomic mass is 10.3. The molecule has 2 N–H and O–H groups in total. The number of hydrogen-bond donors (Lipinski definition) is 2. The average Bonchev–Trinajstić information content (AvgIpc) is 2.96. The highest BCUT2D eigenvalue weighted by Gasteiger charge is 2.16. The Labute approximate surface area is 141 Å². The zero-order valence-corrected chi connectivity index (χ0v) is 13.6. The molecule has 24 heavy (non-hydrogen) atoms. The van der Waals surface area contributed by atoms with Crippen molar-refractivity contribution in [1.82, 2.24) is 15.4 Å². The first-order chi connectivity index (χ1) is 11.6. The minimum Gasteiger partial charge on any atom is -0.267 e. The van der Waals surface area contributed by atoms with Crippen LogP contribution in [0.3, 0.4) is 0 Å². The van der Waals surface area contributed by atoms with Crippen LogP contribution in [0.4, 0.5) is 0 Å². The molecule has 120 valence electrons.